The van der Waals surface area contributed by atoms with Crippen LogP contribution in [-0.4, -0.2) is 69.0 Å². The average Bonchev–Trinajstić information content (AvgIpc) is 3.57. The van der Waals surface area contributed by atoms with Crippen molar-refractivity contribution in [3.8, 4) is 0 Å². The molecule has 2 saturated heterocycles. The second kappa shape index (κ2) is 7.22. The molecule has 2 aliphatic heterocycles. The zero-order chi connectivity index (χ0) is 23.0. The van der Waals surface area contributed by atoms with Crippen LogP contribution in [0.25, 0.3) is 11.0 Å². The van der Waals surface area contributed by atoms with Crippen molar-refractivity contribution in [2.75, 3.05) is 26.2 Å². The van der Waals surface area contributed by atoms with Gasteiger partial charge in [-0.2, -0.15) is 15.4 Å². The Hall–Kier alpha value is -3.55. The number of nitrogens with one attached hydrogen (secondary N) is 1. The molecule has 2 aliphatic carbocycles. The van der Waals surface area contributed by atoms with Crippen LogP contribution >= 0.6 is 0 Å². The Kier molecular flexibility index (Phi) is 4.22. The standard InChI is InChI=1S/C26H25N5O3/c32-24-9-16(7-14-3-1-2-4-17(14)24)26(34)31-12-20-18-10-30(11-19(18)21(20)13-31)25(33)15-5-6-22-23(8-15)28-29-27-22/h1-6,8,16,18-21H,7,9-13H2,(H,27,28,29)/t16?,18-,19+,20+,21-. The van der Waals surface area contributed by atoms with E-state index >= 15 is 0 Å². The lowest BCUT2D eigenvalue weighted by molar-refractivity contribution is -0.134. The number of carbonyl (C=O) groups excluding carboxylic acids is 3. The lowest BCUT2D eigenvalue weighted by Gasteiger charge is -2.42. The quantitative estimate of drug-likeness (QED) is 0.639. The second-order valence-electron chi connectivity index (χ2n) is 10.3. The first-order valence-corrected chi connectivity index (χ1v) is 12.1. The highest BCUT2D eigenvalue weighted by atomic mass is 16.2. The Morgan fingerprint density at radius 2 is 1.50 bits per heavy atom. The third-order valence-corrected chi connectivity index (χ3v) is 8.65. The van der Waals surface area contributed by atoms with E-state index in [2.05, 4.69) is 15.4 Å². The molecule has 3 aromatic rings. The number of fused-ring (bicyclic) bond motifs is 6. The van der Waals surface area contributed by atoms with Crippen LogP contribution in [0.1, 0.15) is 32.7 Å². The summed E-state index contributed by atoms with van der Waals surface area (Å²) in [5.41, 5.74) is 3.86. The summed E-state index contributed by atoms with van der Waals surface area (Å²) in [4.78, 5) is 43.0. The summed E-state index contributed by atoms with van der Waals surface area (Å²) in [5, 5.41) is 10.7. The van der Waals surface area contributed by atoms with Gasteiger partial charge in [-0.1, -0.05) is 24.3 Å². The van der Waals surface area contributed by atoms with Gasteiger partial charge in [0.1, 0.15) is 11.0 Å². The molecule has 5 atom stereocenters. The normalized spacial score (nSPS) is 29.5. The number of H-pyrrole nitrogens is 1. The van der Waals surface area contributed by atoms with Crippen LogP contribution in [0.4, 0.5) is 0 Å². The van der Waals surface area contributed by atoms with Gasteiger partial charge in [-0.15, -0.1) is 0 Å². The fraction of sp³-hybridized carbons (Fsp3) is 0.423. The average molecular weight is 456 g/mol. The summed E-state index contributed by atoms with van der Waals surface area (Å²) in [6.45, 7) is 3.01. The summed E-state index contributed by atoms with van der Waals surface area (Å²) >= 11 is 0. The first-order valence-electron chi connectivity index (χ1n) is 12.1. The van der Waals surface area contributed by atoms with Crippen molar-refractivity contribution >= 4 is 28.6 Å². The van der Waals surface area contributed by atoms with E-state index in [1.54, 1.807) is 6.07 Å². The molecular formula is C26H25N5O3. The van der Waals surface area contributed by atoms with Crippen LogP contribution < -0.4 is 0 Å². The number of hydrogen-bond acceptors (Lipinski definition) is 5. The molecule has 1 saturated carbocycles. The van der Waals surface area contributed by atoms with Gasteiger partial charge in [0.25, 0.3) is 5.91 Å². The number of aromatic amines is 1. The van der Waals surface area contributed by atoms with E-state index in [9.17, 15) is 14.4 Å². The van der Waals surface area contributed by atoms with Gasteiger partial charge in [-0.3, -0.25) is 14.4 Å². The van der Waals surface area contributed by atoms with Crippen LogP contribution in [0.3, 0.4) is 0 Å². The maximum absolute atomic E-state index is 13.3. The molecule has 3 heterocycles. The number of ketones is 1. The highest BCUT2D eigenvalue weighted by molar-refractivity contribution is 6.01. The molecular weight excluding hydrogens is 430 g/mol. The molecule has 0 bridgehead atoms. The van der Waals surface area contributed by atoms with Gasteiger partial charge in [-0.05, 0) is 53.9 Å². The topological polar surface area (TPSA) is 99.3 Å². The molecule has 1 aromatic heterocycles. The van der Waals surface area contributed by atoms with Gasteiger partial charge in [0.15, 0.2) is 5.78 Å². The van der Waals surface area contributed by atoms with Crippen molar-refractivity contribution in [1.82, 2.24) is 25.2 Å². The van der Waals surface area contributed by atoms with Crippen molar-refractivity contribution in [3.63, 3.8) is 0 Å². The molecule has 3 fully saturated rings. The van der Waals surface area contributed by atoms with E-state index in [1.807, 2.05) is 46.2 Å². The minimum Gasteiger partial charge on any atom is -0.342 e. The summed E-state index contributed by atoms with van der Waals surface area (Å²) < 4.78 is 0. The monoisotopic (exact) mass is 455 g/mol. The van der Waals surface area contributed by atoms with Crippen molar-refractivity contribution in [2.45, 2.75) is 12.8 Å². The lowest BCUT2D eigenvalue weighted by atomic mass is 9.60. The number of rotatable bonds is 2. The van der Waals surface area contributed by atoms with Gasteiger partial charge in [0.05, 0.1) is 0 Å². The Labute approximate surface area is 196 Å². The zero-order valence-electron chi connectivity index (χ0n) is 18.7. The third kappa shape index (κ3) is 2.87. The molecule has 1 N–H and O–H groups in total. The zero-order valence-corrected chi connectivity index (χ0v) is 18.7. The molecule has 172 valence electrons. The predicted molar refractivity (Wildman–Crippen MR) is 123 cm³/mol. The Morgan fingerprint density at radius 3 is 2.26 bits per heavy atom. The summed E-state index contributed by atoms with van der Waals surface area (Å²) in [5.74, 6) is 1.83. The summed E-state index contributed by atoms with van der Waals surface area (Å²) in [7, 11) is 0. The van der Waals surface area contributed by atoms with Crippen molar-refractivity contribution in [3.05, 3.63) is 59.2 Å². The fourth-order valence-corrected chi connectivity index (χ4v) is 6.95. The molecule has 0 radical (unpaired) electrons. The molecule has 8 nitrogen and oxygen atoms in total. The Balaban J connectivity index is 1.01. The SMILES string of the molecule is O=C1CC(C(=O)N2C[C@@H]3[C@H]4CN(C(=O)c5ccc6n[nH]nc6c5)C[C@H]4[C@@H]3C2)Cc2ccccc21. The Morgan fingerprint density at radius 1 is 0.824 bits per heavy atom. The molecule has 2 aromatic carbocycles. The number of likely N-dealkylation sites (tertiary alicyclic amines) is 2. The number of hydrogen-bond donors (Lipinski definition) is 1. The third-order valence-electron chi connectivity index (χ3n) is 8.65. The number of benzene rings is 2. The minimum atomic E-state index is -0.246. The molecule has 34 heavy (non-hydrogen) atoms. The van der Waals surface area contributed by atoms with Crippen LogP contribution in [0, 0.1) is 29.6 Å². The molecule has 1 unspecified atom stereocenters. The summed E-state index contributed by atoms with van der Waals surface area (Å²) in [6, 6.07) is 13.1. The molecule has 2 amide bonds. The second-order valence-corrected chi connectivity index (χ2v) is 10.3. The largest absolute Gasteiger partial charge is 0.342 e. The highest BCUT2D eigenvalue weighted by Crippen LogP contribution is 2.54. The maximum atomic E-state index is 13.3. The van der Waals surface area contributed by atoms with Crippen LogP contribution in [0.2, 0.25) is 0 Å². The number of aromatic nitrogens is 3. The van der Waals surface area contributed by atoms with Gasteiger partial charge >= 0.3 is 0 Å². The van der Waals surface area contributed by atoms with Gasteiger partial charge in [-0.25, -0.2) is 0 Å². The van der Waals surface area contributed by atoms with E-state index in [-0.39, 0.29) is 23.5 Å². The first kappa shape index (κ1) is 19.9. The number of carbonyl (C=O) groups is 3. The first-order chi connectivity index (χ1) is 16.6. The lowest BCUT2D eigenvalue weighted by Crippen LogP contribution is -2.44. The summed E-state index contributed by atoms with van der Waals surface area (Å²) in [6.07, 6.45) is 0.963. The van der Waals surface area contributed by atoms with Crippen LogP contribution in [0.5, 0.6) is 0 Å². The molecule has 7 rings (SSSR count). The van der Waals surface area contributed by atoms with Crippen LogP contribution in [-0.2, 0) is 11.2 Å². The predicted octanol–water partition coefficient (Wildman–Crippen LogP) is 2.18. The molecule has 8 heteroatoms. The minimum absolute atomic E-state index is 0.0460. The Bertz CT molecular complexity index is 1330. The highest BCUT2D eigenvalue weighted by Gasteiger charge is 2.59. The van der Waals surface area contributed by atoms with Crippen molar-refractivity contribution in [2.24, 2.45) is 29.6 Å². The van der Waals surface area contributed by atoms with E-state index < -0.39 is 0 Å². The molecule has 4 aliphatic rings. The smallest absolute Gasteiger partial charge is 0.253 e. The van der Waals surface area contributed by atoms with Crippen molar-refractivity contribution in [1.29, 1.82) is 0 Å². The maximum Gasteiger partial charge on any atom is 0.253 e. The number of nitrogens with zero attached hydrogens (tertiary/aromatic N) is 4. The number of amides is 2. The van der Waals surface area contributed by atoms with E-state index in [4.69, 9.17) is 0 Å². The number of Topliss-reactive ketones (excluding diaryl/α,β-unsaturated/α-hetero) is 1. The molecule has 0 spiro atoms. The van der Waals surface area contributed by atoms with Crippen LogP contribution in [0.15, 0.2) is 42.5 Å². The van der Waals surface area contributed by atoms with Gasteiger partial charge < -0.3 is 9.80 Å². The van der Waals surface area contributed by atoms with E-state index in [0.717, 1.165) is 42.8 Å². The van der Waals surface area contributed by atoms with Crippen molar-refractivity contribution < 1.29 is 14.4 Å². The van der Waals surface area contributed by atoms with E-state index in [1.165, 1.54) is 0 Å². The van der Waals surface area contributed by atoms with E-state index in [0.29, 0.717) is 47.6 Å². The van der Waals surface area contributed by atoms with Gasteiger partial charge in [0.2, 0.25) is 5.91 Å². The fourth-order valence-electron chi connectivity index (χ4n) is 6.95. The van der Waals surface area contributed by atoms with Gasteiger partial charge in [0, 0.05) is 49.6 Å².